The molecule has 2 N–H and O–H groups in total. The Labute approximate surface area is 135 Å². The van der Waals surface area contributed by atoms with E-state index in [0.29, 0.717) is 12.1 Å². The molecule has 0 saturated carbocycles. The molecule has 2 unspecified atom stereocenters. The highest BCUT2D eigenvalue weighted by atomic mass is 35.5. The van der Waals surface area contributed by atoms with Crippen molar-refractivity contribution < 1.29 is 18.0 Å². The minimum Gasteiger partial charge on any atom is -0.342 e. The summed E-state index contributed by atoms with van der Waals surface area (Å²) in [5.41, 5.74) is 5.32. The maximum Gasteiger partial charge on any atom is 0.416 e. The number of nitrogens with zero attached hydrogens (tertiary/aromatic N) is 1. The molecule has 0 aromatic heterocycles. The molecule has 0 radical (unpaired) electrons. The van der Waals surface area contributed by atoms with E-state index in [1.165, 1.54) is 11.0 Å². The summed E-state index contributed by atoms with van der Waals surface area (Å²) >= 11 is 0. The highest BCUT2D eigenvalue weighted by Crippen LogP contribution is 2.31. The molecule has 0 aliphatic heterocycles. The van der Waals surface area contributed by atoms with Gasteiger partial charge in [0.1, 0.15) is 0 Å². The number of alkyl halides is 3. The molecule has 22 heavy (non-hydrogen) atoms. The van der Waals surface area contributed by atoms with Crippen molar-refractivity contribution in [1.82, 2.24) is 4.90 Å². The Morgan fingerprint density at radius 3 is 2.41 bits per heavy atom. The van der Waals surface area contributed by atoms with Gasteiger partial charge in [-0.2, -0.15) is 13.2 Å². The first kappa shape index (κ1) is 20.7. The molecule has 0 saturated heterocycles. The standard InChI is InChI=1S/C15H21F3N2O.ClH/c1-10(7-14(21)20(3)11(2)9-19)12-5-4-6-13(8-12)15(16,17)18;/h4-6,8,10-11H,7,9,19H2,1-3H3;1H. The third-order valence-corrected chi connectivity index (χ3v) is 3.66. The van der Waals surface area contributed by atoms with Crippen LogP contribution in [0.15, 0.2) is 24.3 Å². The van der Waals surface area contributed by atoms with E-state index < -0.39 is 11.7 Å². The van der Waals surface area contributed by atoms with Crippen LogP contribution in [0.3, 0.4) is 0 Å². The van der Waals surface area contributed by atoms with Crippen LogP contribution >= 0.6 is 12.4 Å². The Kier molecular flexibility index (Phi) is 7.90. The van der Waals surface area contributed by atoms with Gasteiger partial charge >= 0.3 is 6.18 Å². The van der Waals surface area contributed by atoms with E-state index in [-0.39, 0.29) is 36.7 Å². The van der Waals surface area contributed by atoms with Gasteiger partial charge in [0, 0.05) is 26.1 Å². The zero-order valence-corrected chi connectivity index (χ0v) is 13.7. The zero-order valence-electron chi connectivity index (χ0n) is 12.9. The van der Waals surface area contributed by atoms with Crippen LogP contribution in [0.25, 0.3) is 0 Å². The van der Waals surface area contributed by atoms with Crippen LogP contribution < -0.4 is 5.73 Å². The number of carbonyl (C=O) groups is 1. The Balaban J connectivity index is 0.00000441. The first-order valence-electron chi connectivity index (χ1n) is 6.79. The van der Waals surface area contributed by atoms with Crippen LogP contribution in [0.2, 0.25) is 0 Å². The molecule has 1 aromatic rings. The Bertz CT molecular complexity index is 494. The van der Waals surface area contributed by atoms with Crippen molar-refractivity contribution in [2.24, 2.45) is 5.73 Å². The predicted octanol–water partition coefficient (Wildman–Crippen LogP) is 3.43. The summed E-state index contributed by atoms with van der Waals surface area (Å²) in [6.45, 7) is 3.92. The summed E-state index contributed by atoms with van der Waals surface area (Å²) in [5, 5.41) is 0. The number of hydrogen-bond donors (Lipinski definition) is 1. The fourth-order valence-electron chi connectivity index (χ4n) is 1.95. The Morgan fingerprint density at radius 2 is 1.91 bits per heavy atom. The van der Waals surface area contributed by atoms with Crippen molar-refractivity contribution in [2.75, 3.05) is 13.6 Å². The topological polar surface area (TPSA) is 46.3 Å². The van der Waals surface area contributed by atoms with E-state index in [4.69, 9.17) is 5.73 Å². The smallest absolute Gasteiger partial charge is 0.342 e. The van der Waals surface area contributed by atoms with Crippen LogP contribution in [-0.2, 0) is 11.0 Å². The van der Waals surface area contributed by atoms with Gasteiger partial charge in [0.05, 0.1) is 5.56 Å². The van der Waals surface area contributed by atoms with Gasteiger partial charge in [0.2, 0.25) is 5.91 Å². The van der Waals surface area contributed by atoms with Crippen molar-refractivity contribution in [1.29, 1.82) is 0 Å². The van der Waals surface area contributed by atoms with E-state index >= 15 is 0 Å². The summed E-state index contributed by atoms with van der Waals surface area (Å²) in [6.07, 6.45) is -4.22. The van der Waals surface area contributed by atoms with Gasteiger partial charge in [0.25, 0.3) is 0 Å². The monoisotopic (exact) mass is 338 g/mol. The van der Waals surface area contributed by atoms with Gasteiger partial charge in [-0.05, 0) is 24.5 Å². The fourth-order valence-corrected chi connectivity index (χ4v) is 1.95. The molecular formula is C15H22ClF3N2O. The summed E-state index contributed by atoms with van der Waals surface area (Å²) in [5.74, 6) is -0.412. The summed E-state index contributed by atoms with van der Waals surface area (Å²) in [4.78, 5) is 13.6. The van der Waals surface area contributed by atoms with Gasteiger partial charge in [-0.3, -0.25) is 4.79 Å². The second-order valence-electron chi connectivity index (χ2n) is 5.32. The minimum absolute atomic E-state index is 0. The summed E-state index contributed by atoms with van der Waals surface area (Å²) in [6, 6.07) is 5.02. The SMILES string of the molecule is CC(CC(=O)N(C)C(C)CN)c1cccc(C(F)(F)F)c1.Cl. The summed E-state index contributed by atoms with van der Waals surface area (Å²) < 4.78 is 38.1. The van der Waals surface area contributed by atoms with Crippen molar-refractivity contribution >= 4 is 18.3 Å². The van der Waals surface area contributed by atoms with Gasteiger partial charge < -0.3 is 10.6 Å². The van der Waals surface area contributed by atoms with Crippen molar-refractivity contribution in [2.45, 2.75) is 38.4 Å². The highest BCUT2D eigenvalue weighted by Gasteiger charge is 2.31. The van der Waals surface area contributed by atoms with E-state index in [2.05, 4.69) is 0 Å². The third-order valence-electron chi connectivity index (χ3n) is 3.66. The third kappa shape index (κ3) is 5.50. The van der Waals surface area contributed by atoms with E-state index in [9.17, 15) is 18.0 Å². The molecule has 0 heterocycles. The van der Waals surface area contributed by atoms with Gasteiger partial charge in [-0.25, -0.2) is 0 Å². The molecule has 126 valence electrons. The quantitative estimate of drug-likeness (QED) is 0.894. The lowest BCUT2D eigenvalue weighted by Gasteiger charge is -2.25. The fraction of sp³-hybridized carbons (Fsp3) is 0.533. The molecule has 0 spiro atoms. The molecular weight excluding hydrogens is 317 g/mol. The van der Waals surface area contributed by atoms with Crippen LogP contribution in [0.5, 0.6) is 0 Å². The number of likely N-dealkylation sites (N-methyl/N-ethyl adjacent to an activating group) is 1. The van der Waals surface area contributed by atoms with Crippen molar-refractivity contribution in [3.05, 3.63) is 35.4 Å². The number of halogens is 4. The number of amides is 1. The van der Waals surface area contributed by atoms with Crippen LogP contribution in [-0.4, -0.2) is 30.4 Å². The number of hydrogen-bond acceptors (Lipinski definition) is 2. The largest absolute Gasteiger partial charge is 0.416 e. The summed E-state index contributed by atoms with van der Waals surface area (Å²) in [7, 11) is 1.65. The molecule has 3 nitrogen and oxygen atoms in total. The van der Waals surface area contributed by atoms with E-state index in [0.717, 1.165) is 12.1 Å². The van der Waals surface area contributed by atoms with E-state index in [1.807, 2.05) is 6.92 Å². The minimum atomic E-state index is -4.37. The van der Waals surface area contributed by atoms with Gasteiger partial charge in [-0.15, -0.1) is 12.4 Å². The first-order chi connectivity index (χ1) is 9.66. The predicted molar refractivity (Wildman–Crippen MR) is 83.0 cm³/mol. The average Bonchev–Trinajstić information content (AvgIpc) is 2.44. The lowest BCUT2D eigenvalue weighted by atomic mass is 9.95. The number of benzene rings is 1. The lowest BCUT2D eigenvalue weighted by Crippen LogP contribution is -2.40. The van der Waals surface area contributed by atoms with Crippen LogP contribution in [0.4, 0.5) is 13.2 Å². The molecule has 2 atom stereocenters. The molecule has 7 heteroatoms. The van der Waals surface area contributed by atoms with Crippen LogP contribution in [0.1, 0.15) is 37.3 Å². The molecule has 0 aliphatic rings. The number of carbonyl (C=O) groups excluding carboxylic acids is 1. The van der Waals surface area contributed by atoms with Gasteiger partial charge in [0.15, 0.2) is 0 Å². The van der Waals surface area contributed by atoms with Gasteiger partial charge in [-0.1, -0.05) is 25.1 Å². The first-order valence-corrected chi connectivity index (χ1v) is 6.79. The number of rotatable bonds is 5. The Morgan fingerprint density at radius 1 is 1.32 bits per heavy atom. The second-order valence-corrected chi connectivity index (χ2v) is 5.32. The Hall–Kier alpha value is -1.27. The lowest BCUT2D eigenvalue weighted by molar-refractivity contribution is -0.137. The van der Waals surface area contributed by atoms with Crippen molar-refractivity contribution in [3.63, 3.8) is 0 Å². The normalized spacial score (nSPS) is 14.0. The molecule has 0 aliphatic carbocycles. The molecule has 0 bridgehead atoms. The molecule has 0 fully saturated rings. The molecule has 1 rings (SSSR count). The highest BCUT2D eigenvalue weighted by molar-refractivity contribution is 5.85. The van der Waals surface area contributed by atoms with Crippen LogP contribution in [0, 0.1) is 0 Å². The number of nitrogens with two attached hydrogens (primary N) is 1. The van der Waals surface area contributed by atoms with Crippen molar-refractivity contribution in [3.8, 4) is 0 Å². The molecule has 1 amide bonds. The second kappa shape index (κ2) is 8.39. The maximum absolute atomic E-state index is 12.7. The maximum atomic E-state index is 12.7. The van der Waals surface area contributed by atoms with E-state index in [1.54, 1.807) is 20.0 Å². The average molecular weight is 339 g/mol. The zero-order chi connectivity index (χ0) is 16.2. The molecule has 1 aromatic carbocycles.